The highest BCUT2D eigenvalue weighted by molar-refractivity contribution is 6.44. The smallest absolute Gasteiger partial charge is 0.255 e. The highest BCUT2D eigenvalue weighted by atomic mass is 35.5. The van der Waals surface area contributed by atoms with Gasteiger partial charge in [-0.25, -0.2) is 0 Å². The Morgan fingerprint density at radius 2 is 1.81 bits per heavy atom. The van der Waals surface area contributed by atoms with Crippen LogP contribution in [0.2, 0.25) is 15.1 Å². The molecule has 1 aliphatic heterocycles. The van der Waals surface area contributed by atoms with Gasteiger partial charge in [0, 0.05) is 17.8 Å². The normalized spacial score (nSPS) is 12.7. The number of amides is 1. The van der Waals surface area contributed by atoms with Gasteiger partial charge in [0.25, 0.3) is 5.91 Å². The van der Waals surface area contributed by atoms with E-state index in [0.29, 0.717) is 26.3 Å². The topological polar surface area (TPSA) is 41.1 Å². The molecule has 0 spiro atoms. The molecule has 3 nitrogen and oxygen atoms in total. The van der Waals surface area contributed by atoms with E-state index >= 15 is 0 Å². The molecule has 2 aromatic carbocycles. The molecule has 0 fully saturated rings. The number of carbonyl (C=O) groups is 1. The fourth-order valence-electron chi connectivity index (χ4n) is 2.26. The highest BCUT2D eigenvalue weighted by Gasteiger charge is 2.15. The molecule has 1 amide bonds. The number of hydrogen-bond donors (Lipinski definition) is 2. The maximum Gasteiger partial charge on any atom is 0.255 e. The molecule has 1 aliphatic rings. The van der Waals surface area contributed by atoms with E-state index in [2.05, 4.69) is 10.6 Å². The highest BCUT2D eigenvalue weighted by Crippen LogP contribution is 2.32. The van der Waals surface area contributed by atoms with Crippen molar-refractivity contribution in [1.82, 2.24) is 0 Å². The molecule has 1 heterocycles. The quantitative estimate of drug-likeness (QED) is 0.765. The van der Waals surface area contributed by atoms with Gasteiger partial charge in [-0.05, 0) is 42.3 Å². The number of hydrogen-bond acceptors (Lipinski definition) is 2. The van der Waals surface area contributed by atoms with Crippen LogP contribution in [0.15, 0.2) is 30.3 Å². The molecule has 2 N–H and O–H groups in total. The Morgan fingerprint density at radius 3 is 2.62 bits per heavy atom. The van der Waals surface area contributed by atoms with Gasteiger partial charge in [-0.2, -0.15) is 0 Å². The van der Waals surface area contributed by atoms with Gasteiger partial charge in [-0.1, -0.05) is 34.8 Å². The number of nitrogens with one attached hydrogen (secondary N) is 2. The van der Waals surface area contributed by atoms with Gasteiger partial charge in [0.2, 0.25) is 0 Å². The van der Waals surface area contributed by atoms with Crippen molar-refractivity contribution >= 4 is 52.1 Å². The zero-order valence-corrected chi connectivity index (χ0v) is 13.1. The molecule has 0 unspecified atom stereocenters. The summed E-state index contributed by atoms with van der Waals surface area (Å²) in [5.74, 6) is -0.231. The molecular weight excluding hydrogens is 331 g/mol. The summed E-state index contributed by atoms with van der Waals surface area (Å²) in [5.41, 5.74) is 3.25. The van der Waals surface area contributed by atoms with Gasteiger partial charge in [0.05, 0.1) is 20.8 Å². The summed E-state index contributed by atoms with van der Waals surface area (Å²) < 4.78 is 0. The Morgan fingerprint density at radius 1 is 1.05 bits per heavy atom. The van der Waals surface area contributed by atoms with Crippen LogP contribution in [0, 0.1) is 0 Å². The summed E-state index contributed by atoms with van der Waals surface area (Å²) in [5, 5.41) is 7.05. The van der Waals surface area contributed by atoms with Crippen LogP contribution in [0.3, 0.4) is 0 Å². The summed E-state index contributed by atoms with van der Waals surface area (Å²) in [4.78, 5) is 12.3. The minimum absolute atomic E-state index is 0.231. The van der Waals surface area contributed by atoms with Crippen molar-refractivity contribution in [2.45, 2.75) is 6.42 Å². The summed E-state index contributed by atoms with van der Waals surface area (Å²) in [6, 6.07) is 8.62. The van der Waals surface area contributed by atoms with Gasteiger partial charge in [0.1, 0.15) is 0 Å². The second kappa shape index (κ2) is 5.76. The van der Waals surface area contributed by atoms with Crippen LogP contribution in [-0.2, 0) is 6.42 Å². The van der Waals surface area contributed by atoms with Crippen LogP contribution in [0.5, 0.6) is 0 Å². The van der Waals surface area contributed by atoms with Crippen LogP contribution in [0.25, 0.3) is 0 Å². The first-order valence-corrected chi connectivity index (χ1v) is 7.50. The molecule has 0 radical (unpaired) electrons. The average molecular weight is 342 g/mol. The lowest BCUT2D eigenvalue weighted by molar-refractivity contribution is 0.102. The van der Waals surface area contributed by atoms with Gasteiger partial charge in [0.15, 0.2) is 0 Å². The standard InChI is InChI=1S/C15H11Cl3N2O/c16-10-6-12(18)14(7-11(10)17)20-15(21)9-1-2-13-8(5-9)3-4-19-13/h1-2,5-7,19H,3-4H2,(H,20,21). The lowest BCUT2D eigenvalue weighted by atomic mass is 10.1. The van der Waals surface area contributed by atoms with Crippen molar-refractivity contribution in [3.05, 3.63) is 56.5 Å². The lowest BCUT2D eigenvalue weighted by Crippen LogP contribution is -2.12. The zero-order chi connectivity index (χ0) is 15.0. The number of halogens is 3. The third kappa shape index (κ3) is 2.95. The van der Waals surface area contributed by atoms with Crippen molar-refractivity contribution in [2.24, 2.45) is 0 Å². The number of rotatable bonds is 2. The molecule has 0 aromatic heterocycles. The second-order valence-electron chi connectivity index (χ2n) is 4.75. The van der Waals surface area contributed by atoms with E-state index in [1.165, 1.54) is 6.07 Å². The minimum Gasteiger partial charge on any atom is -0.384 e. The van der Waals surface area contributed by atoms with E-state index in [4.69, 9.17) is 34.8 Å². The number of anilines is 2. The first kappa shape index (κ1) is 14.5. The van der Waals surface area contributed by atoms with Gasteiger partial charge in [-0.3, -0.25) is 4.79 Å². The first-order valence-electron chi connectivity index (χ1n) is 6.37. The summed E-state index contributed by atoms with van der Waals surface area (Å²) in [6.07, 6.45) is 0.921. The Labute approximate surface area is 137 Å². The Balaban J connectivity index is 1.85. The van der Waals surface area contributed by atoms with Gasteiger partial charge >= 0.3 is 0 Å². The zero-order valence-electron chi connectivity index (χ0n) is 10.8. The molecule has 21 heavy (non-hydrogen) atoms. The maximum atomic E-state index is 12.3. The molecule has 6 heteroatoms. The van der Waals surface area contributed by atoms with E-state index in [-0.39, 0.29) is 5.91 Å². The molecule has 108 valence electrons. The summed E-state index contributed by atoms with van der Waals surface area (Å²) in [7, 11) is 0. The van der Waals surface area contributed by atoms with Crippen molar-refractivity contribution in [2.75, 3.05) is 17.2 Å². The van der Waals surface area contributed by atoms with Crippen LogP contribution in [0.1, 0.15) is 15.9 Å². The molecule has 0 saturated heterocycles. The molecule has 0 aliphatic carbocycles. The van der Waals surface area contributed by atoms with Crippen molar-refractivity contribution < 1.29 is 4.79 Å². The first-order chi connectivity index (χ1) is 10.0. The predicted octanol–water partition coefficient (Wildman–Crippen LogP) is 4.87. The molecule has 0 saturated carbocycles. The Kier molecular flexibility index (Phi) is 3.98. The lowest BCUT2D eigenvalue weighted by Gasteiger charge is -2.09. The van der Waals surface area contributed by atoms with E-state index in [9.17, 15) is 4.79 Å². The van der Waals surface area contributed by atoms with Crippen LogP contribution < -0.4 is 10.6 Å². The third-order valence-electron chi connectivity index (χ3n) is 3.34. The monoisotopic (exact) mass is 340 g/mol. The van der Waals surface area contributed by atoms with Crippen LogP contribution in [0.4, 0.5) is 11.4 Å². The fraction of sp³-hybridized carbons (Fsp3) is 0.133. The number of carbonyl (C=O) groups excluding carboxylic acids is 1. The van der Waals surface area contributed by atoms with E-state index in [1.807, 2.05) is 12.1 Å². The van der Waals surface area contributed by atoms with E-state index in [1.54, 1.807) is 12.1 Å². The van der Waals surface area contributed by atoms with Gasteiger partial charge < -0.3 is 10.6 Å². The molecular formula is C15H11Cl3N2O. The SMILES string of the molecule is O=C(Nc1cc(Cl)c(Cl)cc1Cl)c1ccc2c(c1)CCN2. The van der Waals surface area contributed by atoms with Crippen LogP contribution >= 0.6 is 34.8 Å². The largest absolute Gasteiger partial charge is 0.384 e. The van der Waals surface area contributed by atoms with Crippen molar-refractivity contribution in [1.29, 1.82) is 0 Å². The van der Waals surface area contributed by atoms with Crippen LogP contribution in [-0.4, -0.2) is 12.5 Å². The maximum absolute atomic E-state index is 12.3. The fourth-order valence-corrected chi connectivity index (χ4v) is 2.85. The third-order valence-corrected chi connectivity index (χ3v) is 4.37. The van der Waals surface area contributed by atoms with Crippen molar-refractivity contribution in [3.8, 4) is 0 Å². The van der Waals surface area contributed by atoms with E-state index < -0.39 is 0 Å². The second-order valence-corrected chi connectivity index (χ2v) is 5.97. The Bertz CT molecular complexity index is 731. The molecule has 2 aromatic rings. The minimum atomic E-state index is -0.231. The molecule has 0 bridgehead atoms. The summed E-state index contributed by atoms with van der Waals surface area (Å²) in [6.45, 7) is 0.902. The Hall–Kier alpha value is -1.42. The predicted molar refractivity (Wildman–Crippen MR) is 88.1 cm³/mol. The summed E-state index contributed by atoms with van der Waals surface area (Å²) >= 11 is 17.9. The average Bonchev–Trinajstić information content (AvgIpc) is 2.92. The molecule has 3 rings (SSSR count). The molecule has 0 atom stereocenters. The number of fused-ring (bicyclic) bond motifs is 1. The number of benzene rings is 2. The van der Waals surface area contributed by atoms with Crippen molar-refractivity contribution in [3.63, 3.8) is 0 Å². The van der Waals surface area contributed by atoms with Gasteiger partial charge in [-0.15, -0.1) is 0 Å². The van der Waals surface area contributed by atoms with E-state index in [0.717, 1.165) is 24.2 Å².